The Kier molecular flexibility index (Phi) is 5.01. The summed E-state index contributed by atoms with van der Waals surface area (Å²) in [4.78, 5) is 13.1. The second-order valence-corrected chi connectivity index (χ2v) is 7.89. The number of rotatable bonds is 5. The molecule has 0 bridgehead atoms. The summed E-state index contributed by atoms with van der Waals surface area (Å²) in [6.45, 7) is 0. The van der Waals surface area contributed by atoms with Gasteiger partial charge in [-0.05, 0) is 46.8 Å². The molecule has 4 aromatic rings. The molecule has 1 unspecified atom stereocenters. The molecule has 0 fully saturated rings. The van der Waals surface area contributed by atoms with Crippen molar-refractivity contribution >= 4 is 29.4 Å². The summed E-state index contributed by atoms with van der Waals surface area (Å²) in [5.41, 5.74) is 2.04. The van der Waals surface area contributed by atoms with Crippen molar-refractivity contribution in [2.45, 2.75) is 0 Å². The third kappa shape index (κ3) is 3.33. The number of hydrogen-bond donors (Lipinski definition) is 0. The minimum absolute atomic E-state index is 0.369. The monoisotopic (exact) mass is 385 g/mol. The highest BCUT2D eigenvalue weighted by molar-refractivity contribution is 7.71. The van der Waals surface area contributed by atoms with Gasteiger partial charge in [-0.1, -0.05) is 65.2 Å². The van der Waals surface area contributed by atoms with Gasteiger partial charge in [0.1, 0.15) is 11.3 Å². The van der Waals surface area contributed by atoms with Crippen molar-refractivity contribution in [3.63, 3.8) is 0 Å². The van der Waals surface area contributed by atoms with Crippen LogP contribution in [0, 0.1) is 0 Å². The van der Waals surface area contributed by atoms with Crippen molar-refractivity contribution in [3.05, 3.63) is 96.6 Å². The Bertz CT molecular complexity index is 1170. The Morgan fingerprint density at radius 2 is 1.39 bits per heavy atom. The Hall–Kier alpha value is -3.29. The fourth-order valence-corrected chi connectivity index (χ4v) is 4.37. The van der Waals surface area contributed by atoms with Crippen LogP contribution in [0.5, 0.6) is 5.75 Å². The number of carbonyl (C=O) groups is 1. The maximum Gasteiger partial charge on any atom is 0.458 e. The van der Waals surface area contributed by atoms with Crippen LogP contribution in [0.1, 0.15) is 10.4 Å². The average Bonchev–Trinajstić information content (AvgIpc) is 2.78. The first-order valence-corrected chi connectivity index (χ1v) is 10.2. The summed E-state index contributed by atoms with van der Waals surface area (Å²) in [5.74, 6) is 0.438. The lowest BCUT2D eigenvalue weighted by molar-refractivity contribution is 0.107. The molecule has 4 aromatic carbocycles. The van der Waals surface area contributed by atoms with Crippen molar-refractivity contribution < 1.29 is 14.1 Å². The molecule has 136 valence electrons. The molecule has 3 nitrogen and oxygen atoms in total. The van der Waals surface area contributed by atoms with E-state index in [1.807, 2.05) is 72.8 Å². The standard InChI is InChI=1S/C24H18O3P/c1-27-22-16-13-19-9-5-6-10-21(19)23(22)24(25)28(26)20-14-11-18(12-15-20)17-7-3-2-4-8-17/h2-16H,1H3/q+1. The number of fused-ring (bicyclic) bond motifs is 1. The van der Waals surface area contributed by atoms with Crippen LogP contribution in [0.4, 0.5) is 0 Å². The molecule has 4 heteroatoms. The third-order valence-corrected chi connectivity index (χ3v) is 6.08. The summed E-state index contributed by atoms with van der Waals surface area (Å²) < 4.78 is 18.4. The molecule has 0 spiro atoms. The molecule has 0 heterocycles. The van der Waals surface area contributed by atoms with Gasteiger partial charge in [0.25, 0.3) is 0 Å². The van der Waals surface area contributed by atoms with Gasteiger partial charge in [-0.25, -0.2) is 4.79 Å². The van der Waals surface area contributed by atoms with E-state index in [1.165, 1.54) is 7.11 Å². The normalized spacial score (nSPS) is 11.2. The molecule has 28 heavy (non-hydrogen) atoms. The van der Waals surface area contributed by atoms with E-state index in [9.17, 15) is 9.36 Å². The zero-order valence-corrected chi connectivity index (χ0v) is 16.2. The van der Waals surface area contributed by atoms with Crippen molar-refractivity contribution in [1.29, 1.82) is 0 Å². The van der Waals surface area contributed by atoms with E-state index >= 15 is 0 Å². The Morgan fingerprint density at radius 3 is 2.11 bits per heavy atom. The fourth-order valence-electron chi connectivity index (χ4n) is 3.28. The van der Waals surface area contributed by atoms with E-state index in [0.717, 1.165) is 21.9 Å². The van der Waals surface area contributed by atoms with Crippen LogP contribution in [-0.2, 0) is 4.57 Å². The Morgan fingerprint density at radius 1 is 0.750 bits per heavy atom. The van der Waals surface area contributed by atoms with Gasteiger partial charge in [-0.3, -0.25) is 0 Å². The summed E-state index contributed by atoms with van der Waals surface area (Å²) in [6, 6.07) is 28.4. The molecule has 1 atom stereocenters. The van der Waals surface area contributed by atoms with Crippen LogP contribution in [0.3, 0.4) is 0 Å². The smallest absolute Gasteiger partial charge is 0.458 e. The minimum atomic E-state index is -2.26. The number of carbonyl (C=O) groups excluding carboxylic acids is 1. The first-order chi connectivity index (χ1) is 13.7. The van der Waals surface area contributed by atoms with Gasteiger partial charge >= 0.3 is 13.3 Å². The maximum absolute atomic E-state index is 13.1. The molecule has 0 aromatic heterocycles. The zero-order valence-electron chi connectivity index (χ0n) is 15.3. The largest absolute Gasteiger partial charge is 0.496 e. The summed E-state index contributed by atoms with van der Waals surface area (Å²) in [6.07, 6.45) is 0. The molecule has 0 N–H and O–H groups in total. The minimum Gasteiger partial charge on any atom is -0.496 e. The predicted octanol–water partition coefficient (Wildman–Crippen LogP) is 5.81. The van der Waals surface area contributed by atoms with Gasteiger partial charge in [-0.15, -0.1) is 0 Å². The van der Waals surface area contributed by atoms with Crippen molar-refractivity contribution in [3.8, 4) is 16.9 Å². The van der Waals surface area contributed by atoms with Crippen LogP contribution in [0.15, 0.2) is 91.0 Å². The predicted molar refractivity (Wildman–Crippen MR) is 114 cm³/mol. The second kappa shape index (κ2) is 7.75. The van der Waals surface area contributed by atoms with Gasteiger partial charge in [0, 0.05) is 5.39 Å². The highest BCUT2D eigenvalue weighted by atomic mass is 31.1. The molecular weight excluding hydrogens is 367 g/mol. The summed E-state index contributed by atoms with van der Waals surface area (Å²) >= 11 is 0. The number of benzene rings is 4. The Labute approximate surface area is 164 Å². The first-order valence-electron chi connectivity index (χ1n) is 8.92. The lowest BCUT2D eigenvalue weighted by Gasteiger charge is -2.07. The molecule has 0 aliphatic rings. The van der Waals surface area contributed by atoms with Gasteiger partial charge in [-0.2, -0.15) is 0 Å². The molecule has 0 amide bonds. The molecule has 0 aliphatic carbocycles. The Balaban J connectivity index is 1.71. The van der Waals surface area contributed by atoms with Gasteiger partial charge in [0.15, 0.2) is 5.30 Å². The van der Waals surface area contributed by atoms with Crippen LogP contribution in [0.2, 0.25) is 0 Å². The zero-order chi connectivity index (χ0) is 19.5. The summed E-state index contributed by atoms with van der Waals surface area (Å²) in [7, 11) is -0.742. The molecular formula is C24H18O3P+. The van der Waals surface area contributed by atoms with E-state index in [4.69, 9.17) is 4.74 Å². The lowest BCUT2D eigenvalue weighted by atomic mass is 10.0. The van der Waals surface area contributed by atoms with Crippen molar-refractivity contribution in [2.24, 2.45) is 0 Å². The number of ether oxygens (including phenoxy) is 1. The van der Waals surface area contributed by atoms with E-state index < -0.39 is 13.3 Å². The number of hydrogen-bond acceptors (Lipinski definition) is 3. The number of methoxy groups -OCH3 is 1. The van der Waals surface area contributed by atoms with E-state index in [-0.39, 0.29) is 0 Å². The topological polar surface area (TPSA) is 43.4 Å². The van der Waals surface area contributed by atoms with Crippen LogP contribution >= 0.6 is 7.80 Å². The SMILES string of the molecule is COc1ccc2ccccc2c1C(=O)[P+](=O)c1ccc(-c2ccccc2)cc1. The highest BCUT2D eigenvalue weighted by Gasteiger charge is 2.36. The van der Waals surface area contributed by atoms with Gasteiger partial charge < -0.3 is 4.74 Å². The van der Waals surface area contributed by atoms with Gasteiger partial charge in [0.2, 0.25) is 0 Å². The second-order valence-electron chi connectivity index (χ2n) is 6.38. The average molecular weight is 385 g/mol. The van der Waals surface area contributed by atoms with E-state index in [2.05, 4.69) is 0 Å². The quantitative estimate of drug-likeness (QED) is 0.407. The van der Waals surface area contributed by atoms with Crippen molar-refractivity contribution in [2.75, 3.05) is 7.11 Å². The molecule has 0 aliphatic heterocycles. The molecule has 0 radical (unpaired) electrons. The van der Waals surface area contributed by atoms with Crippen LogP contribution < -0.4 is 10.0 Å². The summed E-state index contributed by atoms with van der Waals surface area (Å²) in [5, 5.41) is 2.17. The molecule has 0 saturated heterocycles. The lowest BCUT2D eigenvalue weighted by Crippen LogP contribution is -2.06. The van der Waals surface area contributed by atoms with Crippen LogP contribution in [0.25, 0.3) is 21.9 Å². The maximum atomic E-state index is 13.1. The third-order valence-electron chi connectivity index (χ3n) is 4.72. The highest BCUT2D eigenvalue weighted by Crippen LogP contribution is 2.36. The molecule has 0 saturated carbocycles. The van der Waals surface area contributed by atoms with Crippen LogP contribution in [-0.4, -0.2) is 12.6 Å². The van der Waals surface area contributed by atoms with Gasteiger partial charge in [0.05, 0.1) is 7.11 Å². The van der Waals surface area contributed by atoms with Crippen molar-refractivity contribution in [1.82, 2.24) is 0 Å². The van der Waals surface area contributed by atoms with E-state index in [0.29, 0.717) is 16.6 Å². The fraction of sp³-hybridized carbons (Fsp3) is 0.0417. The molecule has 4 rings (SSSR count). The van der Waals surface area contributed by atoms with E-state index in [1.54, 1.807) is 18.2 Å². The first kappa shape index (κ1) is 18.1.